The van der Waals surface area contributed by atoms with Crippen molar-refractivity contribution in [2.75, 3.05) is 0 Å². The van der Waals surface area contributed by atoms with E-state index in [1.54, 1.807) is 0 Å². The van der Waals surface area contributed by atoms with Gasteiger partial charge in [0.2, 0.25) is 0 Å². The van der Waals surface area contributed by atoms with E-state index in [9.17, 15) is 0 Å². The lowest BCUT2D eigenvalue weighted by atomic mass is 10.0. The summed E-state index contributed by atoms with van der Waals surface area (Å²) in [4.78, 5) is 0. The average molecular weight is 113 g/mol. The van der Waals surface area contributed by atoms with E-state index in [4.69, 9.17) is 0 Å². The van der Waals surface area contributed by atoms with Gasteiger partial charge in [0.25, 0.3) is 0 Å². The molecule has 0 radical (unpaired) electrons. The fourth-order valence-electron chi connectivity index (χ4n) is 0.697. The minimum absolute atomic E-state index is 0.704. The zero-order valence-electron chi connectivity index (χ0n) is 6.11. The first-order valence-electron chi connectivity index (χ1n) is 3.64. The van der Waals surface area contributed by atoms with Crippen molar-refractivity contribution in [2.24, 2.45) is 5.92 Å². The predicted octanol–water partition coefficient (Wildman–Crippen LogP) is 3.04. The van der Waals surface area contributed by atoms with Gasteiger partial charge in [-0.15, -0.1) is 0 Å². The standard InChI is InChI=1S/C8H17/c1-4-6-7-8(3)5-2/h8H,3-7H2,1-2H3/q-1. The highest BCUT2D eigenvalue weighted by Gasteiger charge is 1.87. The summed E-state index contributed by atoms with van der Waals surface area (Å²) in [6.07, 6.45) is 5.21. The quantitative estimate of drug-likeness (QED) is 0.491. The van der Waals surface area contributed by atoms with Crippen molar-refractivity contribution in [1.82, 2.24) is 0 Å². The molecule has 8 heavy (non-hydrogen) atoms. The Balaban J connectivity index is 2.86. The number of unbranched alkanes of at least 4 members (excludes halogenated alkanes) is 1. The number of hydrogen-bond acceptors (Lipinski definition) is 0. The molecule has 0 rings (SSSR count). The van der Waals surface area contributed by atoms with Gasteiger partial charge in [-0.2, -0.15) is 5.92 Å². The summed E-state index contributed by atoms with van der Waals surface area (Å²) in [5.41, 5.74) is 0. The molecule has 0 fully saturated rings. The molecule has 0 amide bonds. The van der Waals surface area contributed by atoms with E-state index in [0.717, 1.165) is 0 Å². The summed E-state index contributed by atoms with van der Waals surface area (Å²) in [6, 6.07) is 0. The summed E-state index contributed by atoms with van der Waals surface area (Å²) in [6.45, 7) is 8.42. The summed E-state index contributed by atoms with van der Waals surface area (Å²) >= 11 is 0. The normalized spacial score (nSPS) is 13.9. The molecule has 0 aromatic heterocycles. The second-order valence-electron chi connectivity index (χ2n) is 2.42. The second kappa shape index (κ2) is 5.14. The SMILES string of the molecule is [CH2-]C(CC)CCCC. The first-order valence-corrected chi connectivity index (χ1v) is 3.64. The fraction of sp³-hybridized carbons (Fsp3) is 0.875. The van der Waals surface area contributed by atoms with Crippen LogP contribution in [0.5, 0.6) is 0 Å². The van der Waals surface area contributed by atoms with Crippen LogP contribution in [0.3, 0.4) is 0 Å². The van der Waals surface area contributed by atoms with Crippen LogP contribution >= 0.6 is 0 Å². The first-order chi connectivity index (χ1) is 3.81. The van der Waals surface area contributed by atoms with Crippen molar-refractivity contribution in [3.63, 3.8) is 0 Å². The lowest BCUT2D eigenvalue weighted by molar-refractivity contribution is 0.537. The summed E-state index contributed by atoms with van der Waals surface area (Å²) in [5.74, 6) is 0.704. The van der Waals surface area contributed by atoms with Crippen LogP contribution in [0.15, 0.2) is 0 Å². The molecule has 0 heteroatoms. The molecule has 0 aromatic rings. The summed E-state index contributed by atoms with van der Waals surface area (Å²) in [7, 11) is 0. The van der Waals surface area contributed by atoms with E-state index in [1.807, 2.05) is 0 Å². The Bertz CT molecular complexity index is 39.3. The zero-order valence-corrected chi connectivity index (χ0v) is 6.11. The van der Waals surface area contributed by atoms with Gasteiger partial charge in [-0.05, 0) is 0 Å². The van der Waals surface area contributed by atoms with Crippen LogP contribution in [0.25, 0.3) is 0 Å². The van der Waals surface area contributed by atoms with E-state index in [1.165, 1.54) is 25.7 Å². The van der Waals surface area contributed by atoms with E-state index in [-0.39, 0.29) is 0 Å². The molecule has 0 nitrogen and oxygen atoms in total. The number of hydrogen-bond donors (Lipinski definition) is 0. The monoisotopic (exact) mass is 113 g/mol. The highest BCUT2D eigenvalue weighted by Crippen LogP contribution is 2.09. The van der Waals surface area contributed by atoms with E-state index >= 15 is 0 Å². The second-order valence-corrected chi connectivity index (χ2v) is 2.42. The van der Waals surface area contributed by atoms with Crippen molar-refractivity contribution in [2.45, 2.75) is 39.5 Å². The lowest BCUT2D eigenvalue weighted by Gasteiger charge is -2.12. The molecule has 0 aromatic carbocycles. The van der Waals surface area contributed by atoms with E-state index in [0.29, 0.717) is 5.92 Å². The van der Waals surface area contributed by atoms with Gasteiger partial charge < -0.3 is 6.92 Å². The Labute approximate surface area is 53.3 Å². The third-order valence-electron chi connectivity index (χ3n) is 1.54. The van der Waals surface area contributed by atoms with Gasteiger partial charge in [0, 0.05) is 0 Å². The molecule has 0 saturated heterocycles. The van der Waals surface area contributed by atoms with Gasteiger partial charge in [-0.1, -0.05) is 39.5 Å². The third kappa shape index (κ3) is 4.17. The van der Waals surface area contributed by atoms with Crippen LogP contribution in [-0.4, -0.2) is 0 Å². The molecule has 0 aliphatic carbocycles. The van der Waals surface area contributed by atoms with Gasteiger partial charge in [0.1, 0.15) is 0 Å². The molecule has 0 heterocycles. The van der Waals surface area contributed by atoms with E-state index < -0.39 is 0 Å². The van der Waals surface area contributed by atoms with Crippen LogP contribution in [0.2, 0.25) is 0 Å². The third-order valence-corrected chi connectivity index (χ3v) is 1.54. The van der Waals surface area contributed by atoms with Crippen LogP contribution in [0.4, 0.5) is 0 Å². The van der Waals surface area contributed by atoms with Crippen LogP contribution < -0.4 is 0 Å². The molecule has 1 unspecified atom stereocenters. The largest absolute Gasteiger partial charge is 0.340 e. The molecular weight excluding hydrogens is 96.1 g/mol. The van der Waals surface area contributed by atoms with Crippen molar-refractivity contribution in [1.29, 1.82) is 0 Å². The molecule has 50 valence electrons. The Morgan fingerprint density at radius 3 is 2.38 bits per heavy atom. The molecule has 0 aliphatic rings. The Morgan fingerprint density at radius 1 is 1.38 bits per heavy atom. The lowest BCUT2D eigenvalue weighted by Crippen LogP contribution is -1.90. The van der Waals surface area contributed by atoms with Gasteiger partial charge in [0.15, 0.2) is 0 Å². The average Bonchev–Trinajstić information content (AvgIpc) is 1.83. The maximum atomic E-state index is 3.99. The van der Waals surface area contributed by atoms with Crippen molar-refractivity contribution < 1.29 is 0 Å². The Kier molecular flexibility index (Phi) is 5.14. The van der Waals surface area contributed by atoms with Crippen LogP contribution in [-0.2, 0) is 0 Å². The van der Waals surface area contributed by atoms with Crippen molar-refractivity contribution in [3.05, 3.63) is 6.92 Å². The molecule has 0 bridgehead atoms. The molecule has 0 saturated carbocycles. The molecule has 1 atom stereocenters. The highest BCUT2D eigenvalue weighted by atomic mass is 14.0. The highest BCUT2D eigenvalue weighted by molar-refractivity contribution is 4.57. The summed E-state index contributed by atoms with van der Waals surface area (Å²) < 4.78 is 0. The maximum absolute atomic E-state index is 3.99. The van der Waals surface area contributed by atoms with Crippen LogP contribution in [0.1, 0.15) is 39.5 Å². The smallest absolute Gasteiger partial charge is 0.0558 e. The molecule has 0 N–H and O–H groups in total. The van der Waals surface area contributed by atoms with Crippen molar-refractivity contribution >= 4 is 0 Å². The first kappa shape index (κ1) is 8.00. The predicted molar refractivity (Wildman–Crippen MR) is 38.7 cm³/mol. The zero-order chi connectivity index (χ0) is 6.41. The van der Waals surface area contributed by atoms with Gasteiger partial charge >= 0.3 is 0 Å². The molecular formula is C8H17-. The fourth-order valence-corrected chi connectivity index (χ4v) is 0.697. The van der Waals surface area contributed by atoms with Crippen LogP contribution in [0, 0.1) is 12.8 Å². The molecule has 0 aliphatic heterocycles. The van der Waals surface area contributed by atoms with Gasteiger partial charge in [0.05, 0.1) is 0 Å². The Hall–Kier alpha value is 0. The maximum Gasteiger partial charge on any atom is -0.0558 e. The minimum Gasteiger partial charge on any atom is -0.340 e. The van der Waals surface area contributed by atoms with E-state index in [2.05, 4.69) is 20.8 Å². The molecule has 0 spiro atoms. The summed E-state index contributed by atoms with van der Waals surface area (Å²) in [5, 5.41) is 0. The number of rotatable bonds is 4. The topological polar surface area (TPSA) is 0 Å². The van der Waals surface area contributed by atoms with Gasteiger partial charge in [-0.25, -0.2) is 0 Å². The minimum atomic E-state index is 0.704. The van der Waals surface area contributed by atoms with Crippen molar-refractivity contribution in [3.8, 4) is 0 Å². The van der Waals surface area contributed by atoms with Gasteiger partial charge in [-0.3, -0.25) is 0 Å². The Morgan fingerprint density at radius 2 is 2.00 bits per heavy atom.